The van der Waals surface area contributed by atoms with Crippen molar-refractivity contribution in [3.63, 3.8) is 0 Å². The minimum Gasteiger partial charge on any atom is -0.343 e. The standard InChI is InChI=1S/C17H17F2N5O2/c18-14(19)8-24-16(21-12-5-2-1-4-11(12)17(24)25)13-6-3-7-23(13)9-15-20-10-26-22-15/h1-2,4-5,10,13-14H,3,6-9H2. The largest absolute Gasteiger partial charge is 0.343 e. The van der Waals surface area contributed by atoms with Crippen molar-refractivity contribution in [1.82, 2.24) is 24.6 Å². The van der Waals surface area contributed by atoms with Crippen LogP contribution in [0.15, 0.2) is 40.0 Å². The summed E-state index contributed by atoms with van der Waals surface area (Å²) in [6, 6.07) is 6.58. The van der Waals surface area contributed by atoms with Crippen LogP contribution >= 0.6 is 0 Å². The number of para-hydroxylation sites is 1. The van der Waals surface area contributed by atoms with Gasteiger partial charge >= 0.3 is 0 Å². The van der Waals surface area contributed by atoms with E-state index in [1.165, 1.54) is 6.39 Å². The molecule has 4 rings (SSSR count). The van der Waals surface area contributed by atoms with E-state index in [2.05, 4.69) is 15.1 Å². The van der Waals surface area contributed by atoms with Gasteiger partial charge in [-0.2, -0.15) is 4.98 Å². The van der Waals surface area contributed by atoms with Crippen LogP contribution in [0.2, 0.25) is 0 Å². The highest BCUT2D eigenvalue weighted by Crippen LogP contribution is 2.32. The van der Waals surface area contributed by atoms with Gasteiger partial charge in [-0.15, -0.1) is 0 Å². The predicted octanol–water partition coefficient (Wildman–Crippen LogP) is 2.38. The van der Waals surface area contributed by atoms with Gasteiger partial charge < -0.3 is 4.52 Å². The lowest BCUT2D eigenvalue weighted by atomic mass is 10.1. The van der Waals surface area contributed by atoms with Gasteiger partial charge in [-0.3, -0.25) is 14.3 Å². The van der Waals surface area contributed by atoms with Crippen molar-refractivity contribution in [2.24, 2.45) is 0 Å². The molecule has 136 valence electrons. The van der Waals surface area contributed by atoms with Gasteiger partial charge in [0.15, 0.2) is 5.82 Å². The fraction of sp³-hybridized carbons (Fsp3) is 0.412. The molecule has 0 aliphatic carbocycles. The molecule has 26 heavy (non-hydrogen) atoms. The van der Waals surface area contributed by atoms with Crippen molar-refractivity contribution in [2.75, 3.05) is 6.54 Å². The molecular formula is C17H17F2N5O2. The molecule has 0 spiro atoms. The zero-order valence-corrected chi connectivity index (χ0v) is 13.9. The van der Waals surface area contributed by atoms with E-state index in [9.17, 15) is 13.6 Å². The molecule has 2 aromatic heterocycles. The van der Waals surface area contributed by atoms with Gasteiger partial charge in [0.25, 0.3) is 12.0 Å². The molecule has 3 aromatic rings. The van der Waals surface area contributed by atoms with Crippen molar-refractivity contribution in [3.8, 4) is 0 Å². The molecule has 9 heteroatoms. The third-order valence-electron chi connectivity index (χ3n) is 4.62. The molecule has 1 aliphatic rings. The number of hydrogen-bond donors (Lipinski definition) is 0. The molecule has 1 aliphatic heterocycles. The average molecular weight is 361 g/mol. The second kappa shape index (κ2) is 6.91. The molecule has 7 nitrogen and oxygen atoms in total. The van der Waals surface area contributed by atoms with Gasteiger partial charge in [0.2, 0.25) is 6.39 Å². The van der Waals surface area contributed by atoms with E-state index >= 15 is 0 Å². The van der Waals surface area contributed by atoms with Crippen LogP contribution in [0, 0.1) is 0 Å². The first-order valence-electron chi connectivity index (χ1n) is 8.40. The molecule has 0 N–H and O–H groups in total. The Labute approximate surface area is 147 Å². The summed E-state index contributed by atoms with van der Waals surface area (Å²) in [4.78, 5) is 23.4. The summed E-state index contributed by atoms with van der Waals surface area (Å²) in [5.74, 6) is 0.885. The fourth-order valence-electron chi connectivity index (χ4n) is 3.51. The van der Waals surface area contributed by atoms with E-state index in [1.54, 1.807) is 24.3 Å². The lowest BCUT2D eigenvalue weighted by Crippen LogP contribution is -2.33. The monoisotopic (exact) mass is 361 g/mol. The van der Waals surface area contributed by atoms with E-state index in [4.69, 9.17) is 4.52 Å². The quantitative estimate of drug-likeness (QED) is 0.694. The molecule has 1 atom stereocenters. The molecule has 1 unspecified atom stereocenters. The SMILES string of the molecule is O=c1c2ccccc2nc(C2CCCN2Cc2ncon2)n1CC(F)F. The average Bonchev–Trinajstić information content (AvgIpc) is 3.29. The Morgan fingerprint density at radius 1 is 1.31 bits per heavy atom. The predicted molar refractivity (Wildman–Crippen MR) is 88.7 cm³/mol. The Morgan fingerprint density at radius 3 is 2.92 bits per heavy atom. The molecule has 1 aromatic carbocycles. The summed E-state index contributed by atoms with van der Waals surface area (Å²) in [5, 5.41) is 4.16. The third kappa shape index (κ3) is 3.10. The maximum atomic E-state index is 13.1. The Morgan fingerprint density at radius 2 is 2.15 bits per heavy atom. The number of hydrogen-bond acceptors (Lipinski definition) is 6. The van der Waals surface area contributed by atoms with E-state index in [-0.39, 0.29) is 6.04 Å². The summed E-state index contributed by atoms with van der Waals surface area (Å²) in [5.41, 5.74) is 0.0849. The molecule has 3 heterocycles. The maximum Gasteiger partial charge on any atom is 0.261 e. The van der Waals surface area contributed by atoms with Gasteiger partial charge in [0, 0.05) is 0 Å². The highest BCUT2D eigenvalue weighted by atomic mass is 19.3. The Hall–Kier alpha value is -2.68. The summed E-state index contributed by atoms with van der Waals surface area (Å²) in [6.45, 7) is 0.494. The Kier molecular flexibility index (Phi) is 4.46. The zero-order chi connectivity index (χ0) is 18.1. The molecule has 0 radical (unpaired) electrons. The van der Waals surface area contributed by atoms with E-state index in [1.807, 2.05) is 4.90 Å². The lowest BCUT2D eigenvalue weighted by Gasteiger charge is -2.25. The van der Waals surface area contributed by atoms with Crippen LogP contribution in [0.25, 0.3) is 10.9 Å². The van der Waals surface area contributed by atoms with E-state index < -0.39 is 18.5 Å². The minimum absolute atomic E-state index is 0.246. The van der Waals surface area contributed by atoms with Gasteiger partial charge in [0.05, 0.1) is 30.0 Å². The topological polar surface area (TPSA) is 77.1 Å². The van der Waals surface area contributed by atoms with Gasteiger partial charge in [0.1, 0.15) is 5.82 Å². The van der Waals surface area contributed by atoms with Gasteiger partial charge in [-0.1, -0.05) is 17.3 Å². The van der Waals surface area contributed by atoms with E-state index in [0.717, 1.165) is 24.0 Å². The zero-order valence-electron chi connectivity index (χ0n) is 13.9. The summed E-state index contributed by atoms with van der Waals surface area (Å²) in [7, 11) is 0. The molecule has 0 bridgehead atoms. The van der Waals surface area contributed by atoms with Crippen LogP contribution in [0.5, 0.6) is 0 Å². The number of likely N-dealkylation sites (tertiary alicyclic amines) is 1. The van der Waals surface area contributed by atoms with Crippen molar-refractivity contribution < 1.29 is 13.3 Å². The number of halogens is 2. The molecule has 1 fully saturated rings. The van der Waals surface area contributed by atoms with Crippen LogP contribution in [0.1, 0.15) is 30.5 Å². The van der Waals surface area contributed by atoms with Gasteiger partial charge in [-0.25, -0.2) is 13.8 Å². The van der Waals surface area contributed by atoms with Crippen molar-refractivity contribution >= 4 is 10.9 Å². The van der Waals surface area contributed by atoms with Gasteiger partial charge in [-0.05, 0) is 31.5 Å². The summed E-state index contributed by atoms with van der Waals surface area (Å²) in [6.07, 6.45) is 0.217. The first kappa shape index (κ1) is 16.8. The Bertz CT molecular complexity index is 957. The van der Waals surface area contributed by atoms with Crippen LogP contribution in [-0.4, -0.2) is 37.6 Å². The molecule has 0 saturated carbocycles. The van der Waals surface area contributed by atoms with E-state index in [0.29, 0.717) is 29.1 Å². The molecular weight excluding hydrogens is 344 g/mol. The maximum absolute atomic E-state index is 13.1. The first-order valence-corrected chi connectivity index (χ1v) is 8.40. The number of aromatic nitrogens is 4. The second-order valence-corrected chi connectivity index (χ2v) is 6.27. The third-order valence-corrected chi connectivity index (χ3v) is 4.62. The number of rotatable bonds is 5. The fourth-order valence-corrected chi connectivity index (χ4v) is 3.51. The summed E-state index contributed by atoms with van der Waals surface area (Å²) < 4.78 is 32.2. The normalized spacial score (nSPS) is 18.2. The lowest BCUT2D eigenvalue weighted by molar-refractivity contribution is 0.120. The number of benzene rings is 1. The summed E-state index contributed by atoms with van der Waals surface area (Å²) >= 11 is 0. The number of nitrogens with zero attached hydrogens (tertiary/aromatic N) is 5. The Balaban J connectivity index is 1.79. The van der Waals surface area contributed by atoms with Crippen molar-refractivity contribution in [2.45, 2.75) is 38.4 Å². The smallest absolute Gasteiger partial charge is 0.261 e. The van der Waals surface area contributed by atoms with Crippen molar-refractivity contribution in [3.05, 3.63) is 52.7 Å². The van der Waals surface area contributed by atoms with Crippen LogP contribution in [0.4, 0.5) is 8.78 Å². The van der Waals surface area contributed by atoms with Crippen LogP contribution < -0.4 is 5.56 Å². The first-order chi connectivity index (χ1) is 12.6. The molecule has 1 saturated heterocycles. The van der Waals surface area contributed by atoms with Crippen LogP contribution in [-0.2, 0) is 13.1 Å². The van der Waals surface area contributed by atoms with Crippen molar-refractivity contribution in [1.29, 1.82) is 0 Å². The number of alkyl halides is 2. The highest BCUT2D eigenvalue weighted by Gasteiger charge is 2.31. The number of fused-ring (bicyclic) bond motifs is 1. The molecule has 0 amide bonds. The van der Waals surface area contributed by atoms with Crippen LogP contribution in [0.3, 0.4) is 0 Å². The second-order valence-electron chi connectivity index (χ2n) is 6.27. The minimum atomic E-state index is -2.64. The highest BCUT2D eigenvalue weighted by molar-refractivity contribution is 5.77.